The SMILES string of the molecule is CCOC(C)OCC1CC2CCCC1O2. The zero-order valence-electron chi connectivity index (χ0n) is 9.78. The van der Waals surface area contributed by atoms with Gasteiger partial charge in [0.25, 0.3) is 0 Å². The lowest BCUT2D eigenvalue weighted by Crippen LogP contribution is -2.25. The molecule has 2 saturated heterocycles. The molecule has 0 aromatic carbocycles. The highest BCUT2D eigenvalue weighted by atomic mass is 16.7. The maximum Gasteiger partial charge on any atom is 0.154 e. The van der Waals surface area contributed by atoms with E-state index in [0.717, 1.165) is 6.61 Å². The van der Waals surface area contributed by atoms with Crippen molar-refractivity contribution in [3.05, 3.63) is 0 Å². The van der Waals surface area contributed by atoms with Crippen LogP contribution >= 0.6 is 0 Å². The standard InChI is InChI=1S/C12H22O3/c1-3-13-9(2)14-8-10-7-11-5-4-6-12(10)15-11/h9-12H,3-8H2,1-2H3. The zero-order valence-corrected chi connectivity index (χ0v) is 9.78. The predicted molar refractivity (Wildman–Crippen MR) is 57.7 cm³/mol. The lowest BCUT2D eigenvalue weighted by Gasteiger charge is -2.22. The van der Waals surface area contributed by atoms with Gasteiger partial charge in [0.15, 0.2) is 6.29 Å². The second-order valence-electron chi connectivity index (χ2n) is 4.58. The third-order valence-corrected chi connectivity index (χ3v) is 3.42. The van der Waals surface area contributed by atoms with E-state index in [1.165, 1.54) is 25.7 Å². The molecular weight excluding hydrogens is 192 g/mol. The smallest absolute Gasteiger partial charge is 0.154 e. The summed E-state index contributed by atoms with van der Waals surface area (Å²) in [5.74, 6) is 0.598. The molecule has 0 aromatic rings. The van der Waals surface area contributed by atoms with E-state index in [-0.39, 0.29) is 6.29 Å². The molecule has 2 aliphatic heterocycles. The van der Waals surface area contributed by atoms with E-state index < -0.39 is 0 Å². The molecule has 3 heteroatoms. The molecule has 2 rings (SSSR count). The molecule has 4 unspecified atom stereocenters. The lowest BCUT2D eigenvalue weighted by atomic mass is 10.0. The van der Waals surface area contributed by atoms with Crippen LogP contribution in [0.3, 0.4) is 0 Å². The van der Waals surface area contributed by atoms with Gasteiger partial charge in [0, 0.05) is 12.5 Å². The summed E-state index contributed by atoms with van der Waals surface area (Å²) in [5.41, 5.74) is 0. The molecule has 2 bridgehead atoms. The van der Waals surface area contributed by atoms with Crippen molar-refractivity contribution in [2.24, 2.45) is 5.92 Å². The summed E-state index contributed by atoms with van der Waals surface area (Å²) in [6.07, 6.45) is 5.87. The molecule has 3 nitrogen and oxygen atoms in total. The van der Waals surface area contributed by atoms with E-state index in [9.17, 15) is 0 Å². The van der Waals surface area contributed by atoms with E-state index in [1.807, 2.05) is 13.8 Å². The normalized spacial score (nSPS) is 36.8. The van der Waals surface area contributed by atoms with Crippen LogP contribution in [0.1, 0.15) is 39.5 Å². The third kappa shape index (κ3) is 2.92. The number of ether oxygens (including phenoxy) is 3. The molecule has 4 atom stereocenters. The van der Waals surface area contributed by atoms with E-state index in [1.54, 1.807) is 0 Å². The Balaban J connectivity index is 1.71. The molecule has 0 aromatic heterocycles. The van der Waals surface area contributed by atoms with Crippen molar-refractivity contribution in [3.8, 4) is 0 Å². The molecule has 0 N–H and O–H groups in total. The van der Waals surface area contributed by atoms with Gasteiger partial charge < -0.3 is 14.2 Å². The first kappa shape index (κ1) is 11.4. The summed E-state index contributed by atoms with van der Waals surface area (Å²) in [6, 6.07) is 0. The first-order chi connectivity index (χ1) is 7.29. The second-order valence-corrected chi connectivity index (χ2v) is 4.58. The number of hydrogen-bond donors (Lipinski definition) is 0. The Bertz CT molecular complexity index is 195. The highest BCUT2D eigenvalue weighted by Gasteiger charge is 2.38. The molecule has 0 amide bonds. The molecule has 2 fully saturated rings. The van der Waals surface area contributed by atoms with Crippen molar-refractivity contribution in [1.82, 2.24) is 0 Å². The van der Waals surface area contributed by atoms with Gasteiger partial charge in [-0.25, -0.2) is 0 Å². The van der Waals surface area contributed by atoms with Crippen LogP contribution in [-0.4, -0.2) is 31.7 Å². The molecule has 0 saturated carbocycles. The molecule has 0 spiro atoms. The summed E-state index contributed by atoms with van der Waals surface area (Å²) in [4.78, 5) is 0. The van der Waals surface area contributed by atoms with Gasteiger partial charge in [-0.3, -0.25) is 0 Å². The van der Waals surface area contributed by atoms with Gasteiger partial charge in [0.1, 0.15) is 0 Å². The Morgan fingerprint density at radius 3 is 2.93 bits per heavy atom. The van der Waals surface area contributed by atoms with Crippen LogP contribution in [0, 0.1) is 5.92 Å². The van der Waals surface area contributed by atoms with E-state index in [4.69, 9.17) is 14.2 Å². The molecule has 0 aliphatic carbocycles. The van der Waals surface area contributed by atoms with Crippen LogP contribution in [-0.2, 0) is 14.2 Å². The fourth-order valence-electron chi connectivity index (χ4n) is 2.66. The molecule has 2 heterocycles. The Morgan fingerprint density at radius 2 is 2.20 bits per heavy atom. The van der Waals surface area contributed by atoms with Crippen LogP contribution in [0.15, 0.2) is 0 Å². The number of rotatable bonds is 5. The average molecular weight is 214 g/mol. The van der Waals surface area contributed by atoms with Gasteiger partial charge in [-0.15, -0.1) is 0 Å². The summed E-state index contributed by atoms with van der Waals surface area (Å²) < 4.78 is 16.9. The van der Waals surface area contributed by atoms with Gasteiger partial charge in [0.05, 0.1) is 18.8 Å². The van der Waals surface area contributed by atoms with Crippen molar-refractivity contribution in [1.29, 1.82) is 0 Å². The highest BCUT2D eigenvalue weighted by molar-refractivity contribution is 4.86. The minimum Gasteiger partial charge on any atom is -0.375 e. The summed E-state index contributed by atoms with van der Waals surface area (Å²) >= 11 is 0. The topological polar surface area (TPSA) is 27.7 Å². The van der Waals surface area contributed by atoms with E-state index in [0.29, 0.717) is 24.7 Å². The average Bonchev–Trinajstić information content (AvgIpc) is 2.51. The summed E-state index contributed by atoms with van der Waals surface area (Å²) in [6.45, 7) is 5.47. The van der Waals surface area contributed by atoms with Crippen molar-refractivity contribution in [3.63, 3.8) is 0 Å². The third-order valence-electron chi connectivity index (χ3n) is 3.42. The van der Waals surface area contributed by atoms with Gasteiger partial charge in [-0.2, -0.15) is 0 Å². The van der Waals surface area contributed by atoms with Gasteiger partial charge in [0.2, 0.25) is 0 Å². The molecule has 15 heavy (non-hydrogen) atoms. The first-order valence-corrected chi connectivity index (χ1v) is 6.18. The largest absolute Gasteiger partial charge is 0.375 e. The van der Waals surface area contributed by atoms with Crippen LogP contribution in [0.25, 0.3) is 0 Å². The maximum absolute atomic E-state index is 5.88. The zero-order chi connectivity index (χ0) is 10.7. The van der Waals surface area contributed by atoms with Crippen molar-refractivity contribution >= 4 is 0 Å². The van der Waals surface area contributed by atoms with Crippen LogP contribution < -0.4 is 0 Å². The van der Waals surface area contributed by atoms with E-state index in [2.05, 4.69) is 0 Å². The number of hydrogen-bond acceptors (Lipinski definition) is 3. The number of fused-ring (bicyclic) bond motifs is 2. The van der Waals surface area contributed by atoms with Crippen molar-refractivity contribution in [2.75, 3.05) is 13.2 Å². The quantitative estimate of drug-likeness (QED) is 0.657. The van der Waals surface area contributed by atoms with Gasteiger partial charge in [-0.05, 0) is 39.5 Å². The molecule has 88 valence electrons. The molecular formula is C12H22O3. The summed E-state index contributed by atoms with van der Waals surface area (Å²) in [7, 11) is 0. The van der Waals surface area contributed by atoms with Crippen molar-refractivity contribution < 1.29 is 14.2 Å². The Morgan fingerprint density at radius 1 is 1.33 bits per heavy atom. The van der Waals surface area contributed by atoms with Gasteiger partial charge >= 0.3 is 0 Å². The Kier molecular flexibility index (Phi) is 4.00. The second kappa shape index (κ2) is 5.28. The Hall–Kier alpha value is -0.120. The van der Waals surface area contributed by atoms with Crippen LogP contribution in [0.2, 0.25) is 0 Å². The maximum atomic E-state index is 5.88. The van der Waals surface area contributed by atoms with Crippen molar-refractivity contribution in [2.45, 2.75) is 58.0 Å². The van der Waals surface area contributed by atoms with Crippen LogP contribution in [0.4, 0.5) is 0 Å². The fraction of sp³-hybridized carbons (Fsp3) is 1.00. The Labute approximate surface area is 92.1 Å². The monoisotopic (exact) mass is 214 g/mol. The minimum atomic E-state index is -0.0737. The van der Waals surface area contributed by atoms with Crippen LogP contribution in [0.5, 0.6) is 0 Å². The first-order valence-electron chi connectivity index (χ1n) is 6.18. The predicted octanol–water partition coefficient (Wildman–Crippen LogP) is 2.34. The lowest BCUT2D eigenvalue weighted by molar-refractivity contribution is -0.139. The minimum absolute atomic E-state index is 0.0737. The molecule has 0 radical (unpaired) electrons. The van der Waals surface area contributed by atoms with Gasteiger partial charge in [-0.1, -0.05) is 0 Å². The fourth-order valence-corrected chi connectivity index (χ4v) is 2.66. The molecule has 2 aliphatic rings. The van der Waals surface area contributed by atoms with E-state index >= 15 is 0 Å². The highest BCUT2D eigenvalue weighted by Crippen LogP contribution is 2.36. The summed E-state index contributed by atoms with van der Waals surface area (Å²) in [5, 5.41) is 0.